The van der Waals surface area contributed by atoms with Crippen molar-refractivity contribution < 1.29 is 24.2 Å². The highest BCUT2D eigenvalue weighted by Gasteiger charge is 2.27. The maximum Gasteiger partial charge on any atom is 0.408 e. The van der Waals surface area contributed by atoms with Crippen LogP contribution >= 0.6 is 11.8 Å². The van der Waals surface area contributed by atoms with E-state index in [1.807, 2.05) is 30.3 Å². The standard InChI is InChI=1S/C37H46N2O5S/c1-37(2,3)44-36(43)39-33(35(41)42)25-45-24-30-15-13-29(14-16-30)23-38-34(40)32(22-27-11-7-8-12-27)31-19-17-28(18-20-31)21-26-9-5-4-6-10-26/h4-6,9-10,13-20,27,32-33H,7-8,11-12,21-25H2,1-3H3,(H,38,40)(H,39,43)(H,41,42)/t32?,33-/m0/s1. The Bertz CT molecular complexity index is 1380. The molecule has 2 amide bonds. The van der Waals surface area contributed by atoms with Gasteiger partial charge in [-0.25, -0.2) is 9.59 Å². The topological polar surface area (TPSA) is 105 Å². The third kappa shape index (κ3) is 11.6. The van der Waals surface area contributed by atoms with E-state index in [2.05, 4.69) is 59.2 Å². The molecular formula is C37H46N2O5S. The number of alkyl carbamates (subject to hydrolysis) is 1. The Morgan fingerprint density at radius 3 is 2.09 bits per heavy atom. The number of carboxylic acid groups (broad SMARTS) is 1. The van der Waals surface area contributed by atoms with Gasteiger partial charge in [-0.2, -0.15) is 11.8 Å². The predicted octanol–water partition coefficient (Wildman–Crippen LogP) is 7.47. The van der Waals surface area contributed by atoms with Crippen molar-refractivity contribution in [2.45, 2.75) is 89.2 Å². The molecule has 1 aliphatic rings. The molecule has 1 aliphatic carbocycles. The molecule has 0 aromatic heterocycles. The second-order valence-electron chi connectivity index (χ2n) is 12.9. The first-order valence-electron chi connectivity index (χ1n) is 15.8. The van der Waals surface area contributed by atoms with E-state index in [1.54, 1.807) is 20.8 Å². The Morgan fingerprint density at radius 1 is 0.867 bits per heavy atom. The lowest BCUT2D eigenvalue weighted by molar-refractivity contribution is -0.138. The molecule has 1 unspecified atom stereocenters. The van der Waals surface area contributed by atoms with Crippen molar-refractivity contribution in [2.24, 2.45) is 5.92 Å². The molecule has 3 aromatic rings. The summed E-state index contributed by atoms with van der Waals surface area (Å²) in [5.74, 6) is 0.175. The summed E-state index contributed by atoms with van der Waals surface area (Å²) in [4.78, 5) is 37.2. The molecule has 1 fully saturated rings. The lowest BCUT2D eigenvalue weighted by atomic mass is 9.86. The Balaban J connectivity index is 1.29. The Labute approximate surface area is 271 Å². The number of benzene rings is 3. The zero-order valence-corrected chi connectivity index (χ0v) is 27.4. The van der Waals surface area contributed by atoms with Crippen molar-refractivity contribution in [1.82, 2.24) is 10.6 Å². The number of carboxylic acids is 1. The van der Waals surface area contributed by atoms with Gasteiger partial charge in [-0.3, -0.25) is 4.79 Å². The third-order valence-corrected chi connectivity index (χ3v) is 9.13. The summed E-state index contributed by atoms with van der Waals surface area (Å²) >= 11 is 1.42. The average molecular weight is 631 g/mol. The second-order valence-corrected chi connectivity index (χ2v) is 14.0. The number of rotatable bonds is 14. The first kappa shape index (κ1) is 34.1. The number of ether oxygens (including phenoxy) is 1. The molecule has 0 saturated heterocycles. The van der Waals surface area contributed by atoms with Crippen LogP contribution in [-0.4, -0.2) is 40.5 Å². The predicted molar refractivity (Wildman–Crippen MR) is 180 cm³/mol. The highest BCUT2D eigenvalue weighted by molar-refractivity contribution is 7.98. The third-order valence-electron chi connectivity index (χ3n) is 8.03. The van der Waals surface area contributed by atoms with Gasteiger partial charge in [0.05, 0.1) is 5.92 Å². The molecule has 240 valence electrons. The van der Waals surface area contributed by atoms with E-state index in [0.717, 1.165) is 29.5 Å². The molecule has 8 heteroatoms. The van der Waals surface area contributed by atoms with Crippen LogP contribution in [0.1, 0.15) is 86.6 Å². The fourth-order valence-corrected chi connectivity index (χ4v) is 6.67. The van der Waals surface area contributed by atoms with E-state index in [1.165, 1.54) is 48.6 Å². The second kappa shape index (κ2) is 16.5. The zero-order valence-electron chi connectivity index (χ0n) is 26.6. The molecule has 4 rings (SSSR count). The van der Waals surface area contributed by atoms with E-state index >= 15 is 0 Å². The van der Waals surface area contributed by atoms with Crippen LogP contribution in [0.2, 0.25) is 0 Å². The minimum atomic E-state index is -1.10. The van der Waals surface area contributed by atoms with Crippen LogP contribution in [0.4, 0.5) is 4.79 Å². The maximum atomic E-state index is 13.6. The molecule has 7 nitrogen and oxygen atoms in total. The molecule has 1 saturated carbocycles. The van der Waals surface area contributed by atoms with E-state index in [0.29, 0.717) is 18.2 Å². The minimum Gasteiger partial charge on any atom is -0.480 e. The van der Waals surface area contributed by atoms with Gasteiger partial charge >= 0.3 is 12.1 Å². The highest BCUT2D eigenvalue weighted by atomic mass is 32.2. The summed E-state index contributed by atoms with van der Waals surface area (Å²) in [5, 5.41) is 15.1. The van der Waals surface area contributed by atoms with Crippen LogP contribution in [0.15, 0.2) is 78.9 Å². The number of amides is 2. The Hall–Kier alpha value is -3.78. The largest absolute Gasteiger partial charge is 0.480 e. The lowest BCUT2D eigenvalue weighted by Gasteiger charge is -2.22. The van der Waals surface area contributed by atoms with Crippen molar-refractivity contribution in [3.63, 3.8) is 0 Å². The summed E-state index contributed by atoms with van der Waals surface area (Å²) < 4.78 is 5.18. The number of carbonyl (C=O) groups is 3. The minimum absolute atomic E-state index is 0.0644. The van der Waals surface area contributed by atoms with Gasteiger partial charge in [-0.15, -0.1) is 0 Å². The van der Waals surface area contributed by atoms with Gasteiger partial charge in [0.25, 0.3) is 0 Å². The van der Waals surface area contributed by atoms with E-state index < -0.39 is 23.7 Å². The molecule has 0 bridgehead atoms. The van der Waals surface area contributed by atoms with Crippen molar-refractivity contribution >= 4 is 29.7 Å². The van der Waals surface area contributed by atoms with Gasteiger partial charge in [-0.05, 0) is 67.3 Å². The summed E-state index contributed by atoms with van der Waals surface area (Å²) in [7, 11) is 0. The number of nitrogens with one attached hydrogen (secondary N) is 2. The van der Waals surface area contributed by atoms with Crippen LogP contribution in [0.5, 0.6) is 0 Å². The average Bonchev–Trinajstić information content (AvgIpc) is 3.52. The van der Waals surface area contributed by atoms with Gasteiger partial charge < -0.3 is 20.5 Å². The molecule has 45 heavy (non-hydrogen) atoms. The van der Waals surface area contributed by atoms with Gasteiger partial charge in [0.2, 0.25) is 5.91 Å². The molecular weight excluding hydrogens is 584 g/mol. The van der Waals surface area contributed by atoms with Crippen LogP contribution in [-0.2, 0) is 33.0 Å². The molecule has 0 aliphatic heterocycles. The monoisotopic (exact) mass is 630 g/mol. The first-order chi connectivity index (χ1) is 21.6. The van der Waals surface area contributed by atoms with Crippen LogP contribution < -0.4 is 10.6 Å². The molecule has 0 spiro atoms. The zero-order chi connectivity index (χ0) is 32.2. The number of aliphatic carboxylic acids is 1. The normalized spacial score (nSPS) is 14.8. The quantitative estimate of drug-likeness (QED) is 0.171. The van der Waals surface area contributed by atoms with Crippen LogP contribution in [0, 0.1) is 5.92 Å². The number of carbonyl (C=O) groups excluding carboxylic acids is 2. The maximum absolute atomic E-state index is 13.6. The summed E-state index contributed by atoms with van der Waals surface area (Å²) in [6.07, 6.45) is 5.89. The van der Waals surface area contributed by atoms with Gasteiger partial charge in [0.1, 0.15) is 11.6 Å². The van der Waals surface area contributed by atoms with Gasteiger partial charge in [-0.1, -0.05) is 105 Å². The van der Waals surface area contributed by atoms with Crippen molar-refractivity contribution in [2.75, 3.05) is 5.75 Å². The van der Waals surface area contributed by atoms with Gasteiger partial charge in [0.15, 0.2) is 0 Å². The fourth-order valence-electron chi connectivity index (χ4n) is 5.66. The van der Waals surface area contributed by atoms with Crippen LogP contribution in [0.25, 0.3) is 0 Å². The van der Waals surface area contributed by atoms with E-state index in [9.17, 15) is 19.5 Å². The van der Waals surface area contributed by atoms with Gasteiger partial charge in [0, 0.05) is 18.1 Å². The smallest absolute Gasteiger partial charge is 0.408 e. The Kier molecular flexibility index (Phi) is 12.5. The fraction of sp³-hybridized carbons (Fsp3) is 0.432. The number of thioether (sulfide) groups is 1. The van der Waals surface area contributed by atoms with E-state index in [-0.39, 0.29) is 17.6 Å². The summed E-state index contributed by atoms with van der Waals surface area (Å²) in [6, 6.07) is 25.9. The summed E-state index contributed by atoms with van der Waals surface area (Å²) in [6.45, 7) is 5.63. The number of hydrogen-bond donors (Lipinski definition) is 3. The number of hydrogen-bond acceptors (Lipinski definition) is 5. The van der Waals surface area contributed by atoms with Crippen molar-refractivity contribution in [3.8, 4) is 0 Å². The van der Waals surface area contributed by atoms with Crippen molar-refractivity contribution in [1.29, 1.82) is 0 Å². The SMILES string of the molecule is CC(C)(C)OC(=O)N[C@@H](CSCc1ccc(CNC(=O)C(CC2CCCC2)c2ccc(Cc3ccccc3)cc2)cc1)C(=O)O. The lowest BCUT2D eigenvalue weighted by Crippen LogP contribution is -2.44. The van der Waals surface area contributed by atoms with Crippen LogP contribution in [0.3, 0.4) is 0 Å². The summed E-state index contributed by atoms with van der Waals surface area (Å²) in [5.41, 5.74) is 4.92. The van der Waals surface area contributed by atoms with Crippen molar-refractivity contribution in [3.05, 3.63) is 107 Å². The molecule has 0 heterocycles. The molecule has 3 N–H and O–H groups in total. The Morgan fingerprint density at radius 2 is 1.47 bits per heavy atom. The molecule has 2 atom stereocenters. The molecule has 0 radical (unpaired) electrons. The first-order valence-corrected chi connectivity index (χ1v) is 17.0. The molecule has 3 aromatic carbocycles. The van der Waals surface area contributed by atoms with E-state index in [4.69, 9.17) is 4.74 Å². The highest BCUT2D eigenvalue weighted by Crippen LogP contribution is 2.34.